The summed E-state index contributed by atoms with van der Waals surface area (Å²) in [5.41, 5.74) is 2.57. The molecule has 1 amide bonds. The van der Waals surface area contributed by atoms with E-state index in [-0.39, 0.29) is 25.2 Å². The lowest BCUT2D eigenvalue weighted by Crippen LogP contribution is -2.24. The van der Waals surface area contributed by atoms with Gasteiger partial charge in [0.05, 0.1) is 11.4 Å². The van der Waals surface area contributed by atoms with Crippen LogP contribution in [-0.4, -0.2) is 35.4 Å². The number of benzene rings is 2. The summed E-state index contributed by atoms with van der Waals surface area (Å²) in [5.74, 6) is 3.02. The van der Waals surface area contributed by atoms with E-state index >= 15 is 0 Å². The Labute approximate surface area is 176 Å². The topological polar surface area (TPSA) is 91.8 Å². The van der Waals surface area contributed by atoms with E-state index in [1.54, 1.807) is 0 Å². The third kappa shape index (κ3) is 3.97. The zero-order chi connectivity index (χ0) is 20.3. The second kappa shape index (κ2) is 8.11. The highest BCUT2D eigenvalue weighted by atomic mass is 32.2. The van der Waals surface area contributed by atoms with Crippen LogP contribution in [0, 0.1) is 0 Å². The van der Waals surface area contributed by atoms with E-state index in [1.165, 1.54) is 11.8 Å². The van der Waals surface area contributed by atoms with Crippen LogP contribution in [0.5, 0.6) is 23.0 Å². The summed E-state index contributed by atoms with van der Waals surface area (Å²) in [6.45, 7) is 0.887. The Morgan fingerprint density at radius 2 is 1.60 bits per heavy atom. The molecule has 9 heteroatoms. The van der Waals surface area contributed by atoms with Crippen molar-refractivity contribution < 1.29 is 23.7 Å². The highest BCUT2D eigenvalue weighted by Gasteiger charge is 2.15. The van der Waals surface area contributed by atoms with Crippen LogP contribution in [0.15, 0.2) is 53.6 Å². The first-order valence-corrected chi connectivity index (χ1v) is 10.2. The molecule has 0 bridgehead atoms. The Bertz CT molecular complexity index is 1090. The molecule has 3 aromatic rings. The number of ether oxygens (including phenoxy) is 4. The summed E-state index contributed by atoms with van der Waals surface area (Å²) in [4.78, 5) is 12.2. The number of carbonyl (C=O) groups is 1. The lowest BCUT2D eigenvalue weighted by atomic mass is 10.1. The average Bonchev–Trinajstić information content (AvgIpc) is 3.45. The highest BCUT2D eigenvalue weighted by molar-refractivity contribution is 7.99. The highest BCUT2D eigenvalue weighted by Crippen LogP contribution is 2.35. The maximum absolute atomic E-state index is 12.2. The largest absolute Gasteiger partial charge is 0.454 e. The summed E-state index contributed by atoms with van der Waals surface area (Å²) >= 11 is 1.33. The Morgan fingerprint density at radius 1 is 0.867 bits per heavy atom. The van der Waals surface area contributed by atoms with Crippen LogP contribution in [0.1, 0.15) is 5.56 Å². The number of nitrogens with one attached hydrogen (secondary N) is 1. The SMILES string of the molecule is O=C(CSc1ccc(-c2ccc3c(c2)OCO3)nn1)NCc1ccc2c(c1)OCO2. The zero-order valence-corrected chi connectivity index (χ0v) is 16.6. The second-order valence-electron chi connectivity index (χ2n) is 6.58. The van der Waals surface area contributed by atoms with Gasteiger partial charge in [-0.2, -0.15) is 0 Å². The number of hydrogen-bond acceptors (Lipinski definition) is 8. The fourth-order valence-corrected chi connectivity index (χ4v) is 3.69. The number of nitrogens with zero attached hydrogens (tertiary/aromatic N) is 2. The molecule has 1 aromatic heterocycles. The molecule has 2 aromatic carbocycles. The van der Waals surface area contributed by atoms with Crippen molar-refractivity contribution in [3.8, 4) is 34.3 Å². The van der Waals surface area contributed by atoms with E-state index in [4.69, 9.17) is 18.9 Å². The number of rotatable bonds is 6. The van der Waals surface area contributed by atoms with Crippen molar-refractivity contribution >= 4 is 17.7 Å². The number of thioether (sulfide) groups is 1. The van der Waals surface area contributed by atoms with Crippen molar-refractivity contribution in [3.63, 3.8) is 0 Å². The predicted octanol–water partition coefficient (Wildman–Crippen LogP) is 3.01. The molecule has 0 atom stereocenters. The van der Waals surface area contributed by atoms with E-state index < -0.39 is 0 Å². The summed E-state index contributed by atoms with van der Waals surface area (Å²) in [6, 6.07) is 15.0. The molecule has 0 saturated carbocycles. The van der Waals surface area contributed by atoms with Crippen LogP contribution in [0.4, 0.5) is 0 Å². The van der Waals surface area contributed by atoms with Gasteiger partial charge in [0, 0.05) is 12.1 Å². The number of hydrogen-bond donors (Lipinski definition) is 1. The molecule has 0 saturated heterocycles. The molecule has 0 unspecified atom stereocenters. The van der Waals surface area contributed by atoms with Gasteiger partial charge in [-0.25, -0.2) is 0 Å². The number of aromatic nitrogens is 2. The van der Waals surface area contributed by atoms with Gasteiger partial charge in [0.25, 0.3) is 0 Å². The van der Waals surface area contributed by atoms with Gasteiger partial charge >= 0.3 is 0 Å². The standard InChI is InChI=1S/C21H17N3O5S/c25-20(22-9-13-1-4-16-18(7-13)28-11-26-16)10-30-21-6-3-15(23-24-21)14-2-5-17-19(8-14)29-12-27-17/h1-8H,9-12H2,(H,22,25). The quantitative estimate of drug-likeness (QED) is 0.605. The van der Waals surface area contributed by atoms with E-state index in [9.17, 15) is 4.79 Å². The van der Waals surface area contributed by atoms with Gasteiger partial charge in [0.2, 0.25) is 19.5 Å². The van der Waals surface area contributed by atoms with E-state index in [0.29, 0.717) is 23.1 Å². The molecular formula is C21H17N3O5S. The van der Waals surface area contributed by atoms with Crippen LogP contribution in [0.2, 0.25) is 0 Å². The maximum Gasteiger partial charge on any atom is 0.231 e. The minimum absolute atomic E-state index is 0.0840. The summed E-state index contributed by atoms with van der Waals surface area (Å²) in [6.07, 6.45) is 0. The van der Waals surface area contributed by atoms with Crippen molar-refractivity contribution in [3.05, 3.63) is 54.1 Å². The molecule has 8 nitrogen and oxygen atoms in total. The summed E-state index contributed by atoms with van der Waals surface area (Å²) in [5, 5.41) is 12.0. The lowest BCUT2D eigenvalue weighted by molar-refractivity contribution is -0.118. The Balaban J connectivity index is 1.13. The molecule has 3 heterocycles. The molecule has 2 aliphatic heterocycles. The molecule has 0 radical (unpaired) electrons. The second-order valence-corrected chi connectivity index (χ2v) is 7.57. The molecule has 0 spiro atoms. The fourth-order valence-electron chi connectivity index (χ4n) is 3.05. The van der Waals surface area contributed by atoms with Crippen molar-refractivity contribution in [1.29, 1.82) is 0 Å². The van der Waals surface area contributed by atoms with E-state index in [1.807, 2.05) is 48.5 Å². The van der Waals surface area contributed by atoms with Crippen molar-refractivity contribution in [2.45, 2.75) is 11.6 Å². The molecule has 0 fully saturated rings. The maximum atomic E-state index is 12.2. The summed E-state index contributed by atoms with van der Waals surface area (Å²) < 4.78 is 21.3. The van der Waals surface area contributed by atoms with E-state index in [2.05, 4.69) is 15.5 Å². The first-order valence-electron chi connectivity index (χ1n) is 9.26. The molecule has 152 valence electrons. The Morgan fingerprint density at radius 3 is 2.37 bits per heavy atom. The van der Waals surface area contributed by atoms with Gasteiger partial charge in [-0.05, 0) is 48.0 Å². The van der Waals surface area contributed by atoms with Crippen LogP contribution in [0.25, 0.3) is 11.3 Å². The van der Waals surface area contributed by atoms with Crippen LogP contribution in [-0.2, 0) is 11.3 Å². The minimum Gasteiger partial charge on any atom is -0.454 e. The van der Waals surface area contributed by atoms with Gasteiger partial charge in [0.15, 0.2) is 23.0 Å². The van der Waals surface area contributed by atoms with Crippen molar-refractivity contribution in [1.82, 2.24) is 15.5 Å². The minimum atomic E-state index is -0.0840. The third-order valence-corrected chi connectivity index (χ3v) is 5.51. The molecule has 2 aliphatic rings. The normalized spacial score (nSPS) is 13.3. The van der Waals surface area contributed by atoms with Gasteiger partial charge < -0.3 is 24.3 Å². The van der Waals surface area contributed by atoms with Crippen molar-refractivity contribution in [2.75, 3.05) is 19.3 Å². The van der Waals surface area contributed by atoms with Gasteiger partial charge in [-0.3, -0.25) is 4.79 Å². The first-order chi connectivity index (χ1) is 14.7. The zero-order valence-electron chi connectivity index (χ0n) is 15.8. The molecule has 0 aliphatic carbocycles. The molecule has 30 heavy (non-hydrogen) atoms. The Hall–Kier alpha value is -3.46. The predicted molar refractivity (Wildman–Crippen MR) is 109 cm³/mol. The molecular weight excluding hydrogens is 406 g/mol. The summed E-state index contributed by atoms with van der Waals surface area (Å²) in [7, 11) is 0. The van der Waals surface area contributed by atoms with Crippen LogP contribution in [0.3, 0.4) is 0 Å². The van der Waals surface area contributed by atoms with Gasteiger partial charge in [-0.1, -0.05) is 17.8 Å². The fraction of sp³-hybridized carbons (Fsp3) is 0.190. The molecule has 5 rings (SSSR count). The smallest absolute Gasteiger partial charge is 0.231 e. The Kier molecular flexibility index (Phi) is 5.02. The molecule has 1 N–H and O–H groups in total. The third-order valence-electron chi connectivity index (χ3n) is 4.59. The first kappa shape index (κ1) is 18.6. The number of amides is 1. The van der Waals surface area contributed by atoms with Gasteiger partial charge in [-0.15, -0.1) is 10.2 Å². The van der Waals surface area contributed by atoms with Crippen molar-refractivity contribution in [2.24, 2.45) is 0 Å². The monoisotopic (exact) mass is 423 g/mol. The number of carbonyl (C=O) groups excluding carboxylic acids is 1. The average molecular weight is 423 g/mol. The van der Waals surface area contributed by atoms with Gasteiger partial charge in [0.1, 0.15) is 5.03 Å². The number of fused-ring (bicyclic) bond motifs is 2. The van der Waals surface area contributed by atoms with Crippen LogP contribution < -0.4 is 24.3 Å². The van der Waals surface area contributed by atoms with Crippen LogP contribution >= 0.6 is 11.8 Å². The van der Waals surface area contributed by atoms with E-state index in [0.717, 1.165) is 28.3 Å². The lowest BCUT2D eigenvalue weighted by Gasteiger charge is -2.06.